The first-order valence-electron chi connectivity index (χ1n) is 10.1. The van der Waals surface area contributed by atoms with Crippen molar-refractivity contribution in [2.45, 2.75) is 38.8 Å². The van der Waals surface area contributed by atoms with Gasteiger partial charge in [0, 0.05) is 16.5 Å². The number of aromatic nitrogens is 4. The van der Waals surface area contributed by atoms with E-state index in [2.05, 4.69) is 47.9 Å². The first kappa shape index (κ1) is 22.2. The van der Waals surface area contributed by atoms with E-state index in [4.69, 9.17) is 4.98 Å². The van der Waals surface area contributed by atoms with Gasteiger partial charge in [0.25, 0.3) is 0 Å². The standard InChI is InChI=1S/C22H23N5O3S2/c1-11(2)18-24-20-17(12(3)13(4)32-20)19-25-26-22(27(18)19)31-10-16(28)23-15-8-6-14(7-9-15)21(29)30-5/h6-9,11H,10H2,1-5H3,(H,23,28). The number of thioether (sulfide) groups is 1. The lowest BCUT2D eigenvalue weighted by molar-refractivity contribution is -0.113. The molecule has 8 nitrogen and oxygen atoms in total. The third-order valence-electron chi connectivity index (χ3n) is 5.11. The number of anilines is 1. The van der Waals surface area contributed by atoms with Crippen LogP contribution in [0.4, 0.5) is 5.69 Å². The molecule has 4 rings (SSSR count). The van der Waals surface area contributed by atoms with E-state index in [1.165, 1.54) is 23.7 Å². The average Bonchev–Trinajstić information content (AvgIpc) is 3.32. The summed E-state index contributed by atoms with van der Waals surface area (Å²) in [5.74, 6) is 0.607. The number of nitrogens with zero attached hydrogens (tertiary/aromatic N) is 4. The molecule has 0 spiro atoms. The van der Waals surface area contributed by atoms with E-state index in [0.29, 0.717) is 16.4 Å². The number of thiophene rings is 1. The van der Waals surface area contributed by atoms with Crippen LogP contribution in [0.5, 0.6) is 0 Å². The van der Waals surface area contributed by atoms with Crippen LogP contribution < -0.4 is 5.32 Å². The van der Waals surface area contributed by atoms with Gasteiger partial charge in [-0.25, -0.2) is 9.78 Å². The second-order valence-corrected chi connectivity index (χ2v) is 9.78. The Morgan fingerprint density at radius 2 is 1.91 bits per heavy atom. The molecular formula is C22H23N5O3S2. The highest BCUT2D eigenvalue weighted by molar-refractivity contribution is 7.99. The van der Waals surface area contributed by atoms with Gasteiger partial charge in [-0.05, 0) is 43.7 Å². The van der Waals surface area contributed by atoms with Crippen molar-refractivity contribution < 1.29 is 14.3 Å². The SMILES string of the molecule is COC(=O)c1ccc(NC(=O)CSc2nnc3c4c(C)c(C)sc4nc(C(C)C)n23)cc1. The topological polar surface area (TPSA) is 98.5 Å². The molecule has 1 N–H and O–H groups in total. The zero-order chi connectivity index (χ0) is 23.0. The summed E-state index contributed by atoms with van der Waals surface area (Å²) in [5.41, 5.74) is 2.97. The van der Waals surface area contributed by atoms with Gasteiger partial charge in [-0.2, -0.15) is 0 Å². The van der Waals surface area contributed by atoms with Gasteiger partial charge in [-0.3, -0.25) is 9.20 Å². The van der Waals surface area contributed by atoms with Crippen molar-refractivity contribution >= 4 is 56.5 Å². The molecule has 0 saturated carbocycles. The Hall–Kier alpha value is -2.98. The molecule has 0 unspecified atom stereocenters. The molecule has 1 aromatic carbocycles. The molecule has 0 saturated heterocycles. The number of rotatable bonds is 6. The monoisotopic (exact) mass is 469 g/mol. The molecule has 0 aliphatic carbocycles. The highest BCUT2D eigenvalue weighted by atomic mass is 32.2. The summed E-state index contributed by atoms with van der Waals surface area (Å²) >= 11 is 2.98. The Morgan fingerprint density at radius 3 is 2.56 bits per heavy atom. The molecular weight excluding hydrogens is 446 g/mol. The lowest BCUT2D eigenvalue weighted by atomic mass is 10.2. The lowest BCUT2D eigenvalue weighted by Crippen LogP contribution is -2.15. The Morgan fingerprint density at radius 1 is 1.19 bits per heavy atom. The van der Waals surface area contributed by atoms with Crippen LogP contribution in [0.2, 0.25) is 0 Å². The van der Waals surface area contributed by atoms with Crippen molar-refractivity contribution in [2.75, 3.05) is 18.2 Å². The van der Waals surface area contributed by atoms with E-state index in [9.17, 15) is 9.59 Å². The number of amides is 1. The minimum Gasteiger partial charge on any atom is -0.465 e. The number of carbonyl (C=O) groups is 2. The van der Waals surface area contributed by atoms with Crippen LogP contribution in [-0.2, 0) is 9.53 Å². The zero-order valence-corrected chi connectivity index (χ0v) is 20.1. The van der Waals surface area contributed by atoms with Gasteiger partial charge in [0.15, 0.2) is 10.8 Å². The predicted octanol–water partition coefficient (Wildman–Crippen LogP) is 4.60. The van der Waals surface area contributed by atoms with Gasteiger partial charge < -0.3 is 10.1 Å². The predicted molar refractivity (Wildman–Crippen MR) is 127 cm³/mol. The lowest BCUT2D eigenvalue weighted by Gasteiger charge is -2.10. The third-order valence-corrected chi connectivity index (χ3v) is 7.14. The van der Waals surface area contributed by atoms with E-state index in [0.717, 1.165) is 27.3 Å². The van der Waals surface area contributed by atoms with Crippen LogP contribution in [0.15, 0.2) is 29.4 Å². The van der Waals surface area contributed by atoms with Crippen molar-refractivity contribution in [3.63, 3.8) is 0 Å². The van der Waals surface area contributed by atoms with Gasteiger partial charge in [-0.1, -0.05) is 25.6 Å². The maximum absolute atomic E-state index is 12.5. The van der Waals surface area contributed by atoms with Crippen molar-refractivity contribution in [3.8, 4) is 0 Å². The van der Waals surface area contributed by atoms with Gasteiger partial charge in [0.05, 0.1) is 23.8 Å². The Bertz CT molecular complexity index is 1330. The van der Waals surface area contributed by atoms with Crippen molar-refractivity contribution in [1.29, 1.82) is 0 Å². The summed E-state index contributed by atoms with van der Waals surface area (Å²) in [6.07, 6.45) is 0. The minimum atomic E-state index is -0.420. The second-order valence-electron chi connectivity index (χ2n) is 7.64. The van der Waals surface area contributed by atoms with Crippen LogP contribution in [0.1, 0.15) is 46.4 Å². The third kappa shape index (κ3) is 4.07. The maximum atomic E-state index is 12.5. The molecule has 0 bridgehead atoms. The molecule has 0 fully saturated rings. The number of benzene rings is 1. The van der Waals surface area contributed by atoms with Crippen molar-refractivity contribution in [1.82, 2.24) is 19.6 Å². The fourth-order valence-electron chi connectivity index (χ4n) is 3.36. The molecule has 3 heterocycles. The van der Waals surface area contributed by atoms with Gasteiger partial charge in [0.1, 0.15) is 10.7 Å². The van der Waals surface area contributed by atoms with E-state index in [1.54, 1.807) is 35.6 Å². The van der Waals surface area contributed by atoms with Gasteiger partial charge in [0.2, 0.25) is 5.91 Å². The Balaban J connectivity index is 1.56. The zero-order valence-electron chi connectivity index (χ0n) is 18.4. The maximum Gasteiger partial charge on any atom is 0.337 e. The molecule has 0 radical (unpaired) electrons. The molecule has 3 aromatic heterocycles. The molecule has 0 aliphatic rings. The van der Waals surface area contributed by atoms with E-state index in [1.807, 2.05) is 4.40 Å². The molecule has 1 amide bonds. The number of hydrogen-bond acceptors (Lipinski definition) is 8. The second kappa shape index (κ2) is 8.87. The molecule has 10 heteroatoms. The normalized spacial score (nSPS) is 11.4. The molecule has 32 heavy (non-hydrogen) atoms. The van der Waals surface area contributed by atoms with Gasteiger partial charge >= 0.3 is 5.97 Å². The van der Waals surface area contributed by atoms with Gasteiger partial charge in [-0.15, -0.1) is 21.5 Å². The first-order valence-corrected chi connectivity index (χ1v) is 11.9. The summed E-state index contributed by atoms with van der Waals surface area (Å²) in [4.78, 5) is 31.1. The number of carbonyl (C=O) groups excluding carboxylic acids is 2. The van der Waals surface area contributed by atoms with Crippen LogP contribution in [0.25, 0.3) is 15.9 Å². The van der Waals surface area contributed by atoms with Crippen molar-refractivity contribution in [2.24, 2.45) is 0 Å². The highest BCUT2D eigenvalue weighted by Gasteiger charge is 2.21. The average molecular weight is 470 g/mol. The Labute approximate surface area is 193 Å². The summed E-state index contributed by atoms with van der Waals surface area (Å²) in [6, 6.07) is 6.55. The number of hydrogen-bond donors (Lipinski definition) is 1. The quantitative estimate of drug-likeness (QED) is 0.325. The largest absolute Gasteiger partial charge is 0.465 e. The van der Waals surface area contributed by atoms with Crippen LogP contribution in [-0.4, -0.2) is 44.3 Å². The van der Waals surface area contributed by atoms with Crippen molar-refractivity contribution in [3.05, 3.63) is 46.1 Å². The number of ether oxygens (including phenoxy) is 1. The molecule has 4 aromatic rings. The molecule has 166 valence electrons. The summed E-state index contributed by atoms with van der Waals surface area (Å²) in [5, 5.41) is 13.3. The fraction of sp³-hybridized carbons (Fsp3) is 0.318. The summed E-state index contributed by atoms with van der Waals surface area (Å²) < 4.78 is 6.65. The minimum absolute atomic E-state index is 0.163. The van der Waals surface area contributed by atoms with Crippen LogP contribution in [0.3, 0.4) is 0 Å². The molecule has 0 atom stereocenters. The van der Waals surface area contributed by atoms with E-state index < -0.39 is 5.97 Å². The highest BCUT2D eigenvalue weighted by Crippen LogP contribution is 2.34. The van der Waals surface area contributed by atoms with E-state index in [-0.39, 0.29) is 17.6 Å². The number of methoxy groups -OCH3 is 1. The molecule has 0 aliphatic heterocycles. The summed E-state index contributed by atoms with van der Waals surface area (Å²) in [6.45, 7) is 8.33. The first-order chi connectivity index (χ1) is 15.3. The fourth-order valence-corrected chi connectivity index (χ4v) is 5.13. The Kier molecular flexibility index (Phi) is 6.16. The summed E-state index contributed by atoms with van der Waals surface area (Å²) in [7, 11) is 1.33. The van der Waals surface area contributed by atoms with Crippen LogP contribution in [0, 0.1) is 13.8 Å². The van der Waals surface area contributed by atoms with E-state index >= 15 is 0 Å². The smallest absolute Gasteiger partial charge is 0.337 e. The number of aryl methyl sites for hydroxylation is 2. The number of fused-ring (bicyclic) bond motifs is 3. The number of nitrogens with one attached hydrogen (secondary N) is 1. The number of esters is 1. The van der Waals surface area contributed by atoms with Crippen LogP contribution >= 0.6 is 23.1 Å².